The zero-order chi connectivity index (χ0) is 18.8. The van der Waals surface area contributed by atoms with E-state index in [-0.39, 0.29) is 24.1 Å². The van der Waals surface area contributed by atoms with Crippen LogP contribution in [0.25, 0.3) is 11.3 Å². The van der Waals surface area contributed by atoms with Gasteiger partial charge in [0, 0.05) is 30.0 Å². The van der Waals surface area contributed by atoms with Crippen LogP contribution in [-0.4, -0.2) is 34.2 Å². The third-order valence-electron chi connectivity index (χ3n) is 5.32. The second-order valence-corrected chi connectivity index (χ2v) is 7.24. The van der Waals surface area contributed by atoms with Gasteiger partial charge in [0.1, 0.15) is 12.4 Å². The van der Waals surface area contributed by atoms with E-state index in [0.717, 1.165) is 42.9 Å². The first-order chi connectivity index (χ1) is 12.4. The lowest BCUT2D eigenvalue weighted by Gasteiger charge is -2.30. The highest BCUT2D eigenvalue weighted by atomic mass is 19.1. The predicted molar refractivity (Wildman–Crippen MR) is 99.5 cm³/mol. The molecule has 0 N–H and O–H groups in total. The van der Waals surface area contributed by atoms with E-state index in [4.69, 9.17) is 0 Å². The summed E-state index contributed by atoms with van der Waals surface area (Å²) in [6.07, 6.45) is 2.06. The number of amides is 1. The van der Waals surface area contributed by atoms with Crippen LogP contribution in [0.4, 0.5) is 4.39 Å². The number of hydrogen-bond donors (Lipinski definition) is 0. The lowest BCUT2D eigenvalue weighted by atomic mass is 9.99. The zero-order valence-corrected chi connectivity index (χ0v) is 15.6. The van der Waals surface area contributed by atoms with Crippen molar-refractivity contribution >= 4 is 11.7 Å². The van der Waals surface area contributed by atoms with Gasteiger partial charge in [-0.2, -0.15) is 0 Å². The van der Waals surface area contributed by atoms with E-state index >= 15 is 0 Å². The Balaban J connectivity index is 1.93. The van der Waals surface area contributed by atoms with Gasteiger partial charge in [0.25, 0.3) is 0 Å². The van der Waals surface area contributed by atoms with Gasteiger partial charge in [-0.15, -0.1) is 0 Å². The Hall–Kier alpha value is -2.43. The summed E-state index contributed by atoms with van der Waals surface area (Å²) in [6, 6.07) is 7.94. The molecule has 0 unspecified atom stereocenters. The number of carbonyl (C=O) groups is 2. The summed E-state index contributed by atoms with van der Waals surface area (Å²) in [6.45, 7) is 7.35. The molecule has 0 radical (unpaired) electrons. The Morgan fingerprint density at radius 3 is 2.35 bits per heavy atom. The molecule has 0 bridgehead atoms. The third-order valence-corrected chi connectivity index (χ3v) is 5.32. The number of nitrogens with zero attached hydrogens (tertiary/aromatic N) is 2. The number of hydrogen-bond acceptors (Lipinski definition) is 2. The molecule has 138 valence electrons. The summed E-state index contributed by atoms with van der Waals surface area (Å²) in [7, 11) is 0. The van der Waals surface area contributed by atoms with Gasteiger partial charge in [-0.05, 0) is 68.5 Å². The highest BCUT2D eigenvalue weighted by Gasteiger charge is 2.23. The molecule has 3 rings (SSSR count). The van der Waals surface area contributed by atoms with Gasteiger partial charge in [-0.3, -0.25) is 9.59 Å². The maximum absolute atomic E-state index is 13.3. The Morgan fingerprint density at radius 1 is 1.15 bits per heavy atom. The molecule has 5 heteroatoms. The minimum atomic E-state index is -0.311. The number of likely N-dealkylation sites (tertiary alicyclic amines) is 1. The number of ketones is 1. The number of carbonyl (C=O) groups excluding carboxylic acids is 2. The maximum Gasteiger partial charge on any atom is 0.242 e. The third kappa shape index (κ3) is 3.71. The fourth-order valence-electron chi connectivity index (χ4n) is 3.56. The van der Waals surface area contributed by atoms with E-state index in [1.165, 1.54) is 19.1 Å². The van der Waals surface area contributed by atoms with Crippen LogP contribution in [-0.2, 0) is 11.3 Å². The Bertz CT molecular complexity index is 815. The van der Waals surface area contributed by atoms with Crippen LogP contribution < -0.4 is 0 Å². The summed E-state index contributed by atoms with van der Waals surface area (Å²) in [5.74, 6) is 0.373. The van der Waals surface area contributed by atoms with E-state index in [9.17, 15) is 14.0 Å². The molecular weight excluding hydrogens is 331 g/mol. The minimum Gasteiger partial charge on any atom is -0.341 e. The molecule has 1 aliphatic heterocycles. The van der Waals surface area contributed by atoms with Gasteiger partial charge in [0.2, 0.25) is 5.91 Å². The number of rotatable bonds is 4. The van der Waals surface area contributed by atoms with Crippen molar-refractivity contribution in [1.82, 2.24) is 9.47 Å². The first-order valence-corrected chi connectivity index (χ1v) is 9.11. The van der Waals surface area contributed by atoms with E-state index in [0.29, 0.717) is 11.5 Å². The van der Waals surface area contributed by atoms with Crippen molar-refractivity contribution in [3.63, 3.8) is 0 Å². The van der Waals surface area contributed by atoms with Crippen LogP contribution in [0.1, 0.15) is 42.7 Å². The fraction of sp³-hybridized carbons (Fsp3) is 0.429. The van der Waals surface area contributed by atoms with Crippen molar-refractivity contribution < 1.29 is 14.0 Å². The van der Waals surface area contributed by atoms with Crippen LogP contribution >= 0.6 is 0 Å². The summed E-state index contributed by atoms with van der Waals surface area (Å²) in [4.78, 5) is 26.7. The van der Waals surface area contributed by atoms with Crippen LogP contribution in [0.5, 0.6) is 0 Å². The quantitative estimate of drug-likeness (QED) is 0.775. The number of Topliss-reactive ketones (excluding diaryl/α,β-unsaturated/α-hetero) is 1. The van der Waals surface area contributed by atoms with Crippen molar-refractivity contribution in [3.05, 3.63) is 47.4 Å². The van der Waals surface area contributed by atoms with Crippen molar-refractivity contribution in [2.45, 2.75) is 40.2 Å². The lowest BCUT2D eigenvalue weighted by molar-refractivity contribution is -0.133. The Morgan fingerprint density at radius 2 is 1.77 bits per heavy atom. The van der Waals surface area contributed by atoms with Gasteiger partial charge < -0.3 is 9.47 Å². The standard InChI is InChI=1S/C21H25FN2O2/c1-14-8-10-23(11-9-14)21(26)13-24-15(2)19(16(3)25)12-20(24)17-4-6-18(22)7-5-17/h4-7,12,14H,8-11,13H2,1-3H3. The molecule has 26 heavy (non-hydrogen) atoms. The molecule has 0 spiro atoms. The van der Waals surface area contributed by atoms with Crippen molar-refractivity contribution in [2.24, 2.45) is 5.92 Å². The van der Waals surface area contributed by atoms with Crippen LogP contribution in [0.3, 0.4) is 0 Å². The molecule has 0 aliphatic carbocycles. The molecular formula is C21H25FN2O2. The molecule has 0 saturated carbocycles. The average molecular weight is 356 g/mol. The number of halogens is 1. The summed E-state index contributed by atoms with van der Waals surface area (Å²) in [5.41, 5.74) is 2.94. The Kier molecular flexibility index (Phi) is 5.25. The number of benzene rings is 1. The molecule has 2 heterocycles. The largest absolute Gasteiger partial charge is 0.341 e. The van der Waals surface area contributed by atoms with Crippen molar-refractivity contribution in [2.75, 3.05) is 13.1 Å². The van der Waals surface area contributed by atoms with Gasteiger partial charge in [-0.1, -0.05) is 6.92 Å². The van der Waals surface area contributed by atoms with Crippen LogP contribution in [0.2, 0.25) is 0 Å². The molecule has 1 aromatic heterocycles. The van der Waals surface area contributed by atoms with E-state index in [1.807, 2.05) is 16.4 Å². The molecule has 1 saturated heterocycles. The van der Waals surface area contributed by atoms with Gasteiger partial charge in [-0.25, -0.2) is 4.39 Å². The van der Waals surface area contributed by atoms with Crippen molar-refractivity contribution in [3.8, 4) is 11.3 Å². The van der Waals surface area contributed by atoms with Gasteiger partial charge >= 0.3 is 0 Å². The van der Waals surface area contributed by atoms with E-state index in [1.54, 1.807) is 18.2 Å². The van der Waals surface area contributed by atoms with Crippen LogP contribution in [0.15, 0.2) is 30.3 Å². The van der Waals surface area contributed by atoms with E-state index < -0.39 is 0 Å². The predicted octanol–water partition coefficient (Wildman–Crippen LogP) is 4.06. The summed E-state index contributed by atoms with van der Waals surface area (Å²) in [5, 5.41) is 0. The molecule has 4 nitrogen and oxygen atoms in total. The second-order valence-electron chi connectivity index (χ2n) is 7.24. The average Bonchev–Trinajstić information content (AvgIpc) is 2.93. The highest BCUT2D eigenvalue weighted by Crippen LogP contribution is 2.27. The first-order valence-electron chi connectivity index (χ1n) is 9.11. The van der Waals surface area contributed by atoms with Crippen molar-refractivity contribution in [1.29, 1.82) is 0 Å². The smallest absolute Gasteiger partial charge is 0.242 e. The zero-order valence-electron chi connectivity index (χ0n) is 15.6. The first kappa shape index (κ1) is 18.4. The Labute approximate surface area is 153 Å². The number of piperidine rings is 1. The molecule has 1 amide bonds. The lowest BCUT2D eigenvalue weighted by Crippen LogP contribution is -2.40. The normalized spacial score (nSPS) is 15.3. The topological polar surface area (TPSA) is 42.3 Å². The minimum absolute atomic E-state index is 0.0381. The van der Waals surface area contributed by atoms with E-state index in [2.05, 4.69) is 6.92 Å². The van der Waals surface area contributed by atoms with Gasteiger partial charge in [0.05, 0.1) is 0 Å². The molecule has 0 atom stereocenters. The molecule has 1 aliphatic rings. The SMILES string of the molecule is CC(=O)c1cc(-c2ccc(F)cc2)n(CC(=O)N2CCC(C)CC2)c1C. The summed E-state index contributed by atoms with van der Waals surface area (Å²) < 4.78 is 15.2. The number of aromatic nitrogens is 1. The monoisotopic (exact) mass is 356 g/mol. The van der Waals surface area contributed by atoms with Gasteiger partial charge in [0.15, 0.2) is 5.78 Å². The second kappa shape index (κ2) is 7.44. The molecule has 2 aromatic rings. The maximum atomic E-state index is 13.3. The molecule has 1 fully saturated rings. The highest BCUT2D eigenvalue weighted by molar-refractivity contribution is 5.97. The molecule has 1 aromatic carbocycles. The van der Waals surface area contributed by atoms with Crippen LogP contribution in [0, 0.1) is 18.7 Å². The fourth-order valence-corrected chi connectivity index (χ4v) is 3.56. The summed E-state index contributed by atoms with van der Waals surface area (Å²) >= 11 is 0.